The minimum Gasteiger partial charge on any atom is -0.353 e. The van der Waals surface area contributed by atoms with Crippen molar-refractivity contribution in [3.63, 3.8) is 0 Å². The molecule has 1 aromatic rings. The van der Waals surface area contributed by atoms with Crippen LogP contribution in [-0.2, 0) is 11.3 Å². The summed E-state index contributed by atoms with van der Waals surface area (Å²) in [6, 6.07) is 10.2. The number of amides is 1. The Kier molecular flexibility index (Phi) is 6.57. The molecule has 1 amide bonds. The number of carbonyl (C=O) groups is 1. The van der Waals surface area contributed by atoms with E-state index < -0.39 is 0 Å². The van der Waals surface area contributed by atoms with E-state index in [2.05, 4.69) is 28.1 Å². The largest absolute Gasteiger partial charge is 0.353 e. The van der Waals surface area contributed by atoms with E-state index in [4.69, 9.17) is 5.26 Å². The summed E-state index contributed by atoms with van der Waals surface area (Å²) < 4.78 is 0. The van der Waals surface area contributed by atoms with E-state index in [1.165, 1.54) is 5.56 Å². The number of rotatable bonds is 6. The fraction of sp³-hybridized carbons (Fsp3) is 0.556. The van der Waals surface area contributed by atoms with Crippen molar-refractivity contribution in [3.05, 3.63) is 35.4 Å². The maximum absolute atomic E-state index is 11.9. The summed E-state index contributed by atoms with van der Waals surface area (Å²) in [4.78, 5) is 16.5. The second-order valence-corrected chi connectivity index (χ2v) is 6.24. The predicted octanol–water partition coefficient (Wildman–Crippen LogP) is 1.59. The monoisotopic (exact) mass is 314 g/mol. The van der Waals surface area contributed by atoms with Crippen LogP contribution in [-0.4, -0.2) is 54.5 Å². The highest BCUT2D eigenvalue weighted by Gasteiger charge is 2.19. The zero-order valence-corrected chi connectivity index (χ0v) is 14.1. The van der Waals surface area contributed by atoms with Crippen molar-refractivity contribution >= 4 is 5.91 Å². The van der Waals surface area contributed by atoms with Gasteiger partial charge in [-0.15, -0.1) is 0 Å². The topological polar surface area (TPSA) is 59.4 Å². The molecule has 0 saturated carbocycles. The third kappa shape index (κ3) is 5.66. The van der Waals surface area contributed by atoms with Gasteiger partial charge in [-0.05, 0) is 31.0 Å². The van der Waals surface area contributed by atoms with Crippen molar-refractivity contribution in [1.29, 1.82) is 5.26 Å². The van der Waals surface area contributed by atoms with Gasteiger partial charge in [0, 0.05) is 38.8 Å². The molecule has 1 atom stereocenters. The third-order valence-electron chi connectivity index (χ3n) is 4.34. The Hall–Kier alpha value is -1.90. The van der Waals surface area contributed by atoms with Crippen LogP contribution >= 0.6 is 0 Å². The number of nitrogens with zero attached hydrogens (tertiary/aromatic N) is 3. The van der Waals surface area contributed by atoms with Gasteiger partial charge in [-0.3, -0.25) is 14.6 Å². The Bertz CT molecular complexity index is 541. The van der Waals surface area contributed by atoms with Crippen molar-refractivity contribution in [2.24, 2.45) is 0 Å². The smallest absolute Gasteiger partial charge is 0.234 e. The number of carbonyl (C=O) groups excluding carboxylic acids is 1. The van der Waals surface area contributed by atoms with Gasteiger partial charge in [-0.25, -0.2) is 0 Å². The van der Waals surface area contributed by atoms with Crippen molar-refractivity contribution in [2.75, 3.05) is 32.7 Å². The zero-order chi connectivity index (χ0) is 16.7. The van der Waals surface area contributed by atoms with Crippen molar-refractivity contribution in [2.45, 2.75) is 32.9 Å². The standard InChI is InChI=1S/C18H26N4O/c1-3-15(2)20-18(23)14-22-10-8-21(9-11-22)13-17-6-4-16(12-19)5-7-17/h4-7,15H,3,8-11,13-14H2,1-2H3,(H,20,23). The van der Waals surface area contributed by atoms with E-state index in [0.717, 1.165) is 39.1 Å². The van der Waals surface area contributed by atoms with Gasteiger partial charge in [0.1, 0.15) is 0 Å². The van der Waals surface area contributed by atoms with Gasteiger partial charge in [0.15, 0.2) is 0 Å². The Labute approximate surface area is 138 Å². The number of piperazine rings is 1. The molecule has 5 heteroatoms. The lowest BCUT2D eigenvalue weighted by Crippen LogP contribution is -2.49. The molecule has 0 spiro atoms. The molecule has 5 nitrogen and oxygen atoms in total. The maximum atomic E-state index is 11.9. The highest BCUT2D eigenvalue weighted by Crippen LogP contribution is 2.10. The zero-order valence-electron chi connectivity index (χ0n) is 14.1. The first-order valence-corrected chi connectivity index (χ1v) is 8.33. The SMILES string of the molecule is CCC(C)NC(=O)CN1CCN(Cc2ccc(C#N)cc2)CC1. The molecule has 0 aromatic heterocycles. The van der Waals surface area contributed by atoms with Gasteiger partial charge in [0.25, 0.3) is 0 Å². The van der Waals surface area contributed by atoms with Gasteiger partial charge < -0.3 is 5.32 Å². The van der Waals surface area contributed by atoms with E-state index in [0.29, 0.717) is 12.1 Å². The molecule has 1 aromatic carbocycles. The Morgan fingerprint density at radius 3 is 2.39 bits per heavy atom. The van der Waals surface area contributed by atoms with Gasteiger partial charge >= 0.3 is 0 Å². The van der Waals surface area contributed by atoms with Gasteiger partial charge in [-0.1, -0.05) is 19.1 Å². The summed E-state index contributed by atoms with van der Waals surface area (Å²) in [6.45, 7) is 9.29. The fourth-order valence-corrected chi connectivity index (χ4v) is 2.67. The minimum absolute atomic E-state index is 0.125. The average molecular weight is 314 g/mol. The normalized spacial score (nSPS) is 17.4. The first-order valence-electron chi connectivity index (χ1n) is 8.33. The lowest BCUT2D eigenvalue weighted by atomic mass is 10.1. The number of nitriles is 1. The molecule has 0 radical (unpaired) electrons. The van der Waals surface area contributed by atoms with Crippen molar-refractivity contribution < 1.29 is 4.79 Å². The lowest BCUT2D eigenvalue weighted by Gasteiger charge is -2.34. The quantitative estimate of drug-likeness (QED) is 0.866. The summed E-state index contributed by atoms with van der Waals surface area (Å²) in [5.74, 6) is 0.125. The summed E-state index contributed by atoms with van der Waals surface area (Å²) in [5.41, 5.74) is 1.93. The van der Waals surface area contributed by atoms with Crippen LogP contribution in [0, 0.1) is 11.3 Å². The third-order valence-corrected chi connectivity index (χ3v) is 4.34. The summed E-state index contributed by atoms with van der Waals surface area (Å²) in [6.07, 6.45) is 0.962. The average Bonchev–Trinajstić information content (AvgIpc) is 2.57. The number of hydrogen-bond acceptors (Lipinski definition) is 4. The molecule has 1 N–H and O–H groups in total. The highest BCUT2D eigenvalue weighted by atomic mass is 16.2. The van der Waals surface area contributed by atoms with Gasteiger partial charge in [0.2, 0.25) is 5.91 Å². The predicted molar refractivity (Wildman–Crippen MR) is 90.8 cm³/mol. The molecule has 1 aliphatic heterocycles. The van der Waals surface area contributed by atoms with E-state index in [9.17, 15) is 4.79 Å². The number of hydrogen-bond donors (Lipinski definition) is 1. The molecule has 23 heavy (non-hydrogen) atoms. The first kappa shape index (κ1) is 17.5. The van der Waals surface area contributed by atoms with Crippen LogP contribution in [0.25, 0.3) is 0 Å². The van der Waals surface area contributed by atoms with E-state index >= 15 is 0 Å². The maximum Gasteiger partial charge on any atom is 0.234 e. The molecule has 0 bridgehead atoms. The Balaban J connectivity index is 1.73. The van der Waals surface area contributed by atoms with E-state index in [-0.39, 0.29) is 11.9 Å². The molecule has 2 rings (SSSR count). The minimum atomic E-state index is 0.125. The van der Waals surface area contributed by atoms with Crippen LogP contribution in [0.1, 0.15) is 31.4 Å². The number of nitrogens with one attached hydrogen (secondary N) is 1. The molecular formula is C18H26N4O. The summed E-state index contributed by atoms with van der Waals surface area (Å²) in [5, 5.41) is 11.8. The van der Waals surface area contributed by atoms with Crippen molar-refractivity contribution in [1.82, 2.24) is 15.1 Å². The molecule has 1 unspecified atom stereocenters. The first-order chi connectivity index (χ1) is 11.1. The Morgan fingerprint density at radius 1 is 1.22 bits per heavy atom. The second kappa shape index (κ2) is 8.66. The second-order valence-electron chi connectivity index (χ2n) is 6.24. The molecular weight excluding hydrogens is 288 g/mol. The molecule has 1 aliphatic rings. The molecule has 124 valence electrons. The number of benzene rings is 1. The highest BCUT2D eigenvalue weighted by molar-refractivity contribution is 5.78. The van der Waals surface area contributed by atoms with Crippen LogP contribution in [0.15, 0.2) is 24.3 Å². The molecule has 0 aliphatic carbocycles. The molecule has 1 heterocycles. The summed E-state index contributed by atoms with van der Waals surface area (Å²) >= 11 is 0. The van der Waals surface area contributed by atoms with Crippen molar-refractivity contribution in [3.8, 4) is 6.07 Å². The van der Waals surface area contributed by atoms with Gasteiger partial charge in [-0.2, -0.15) is 5.26 Å². The van der Waals surface area contributed by atoms with Crippen LogP contribution in [0.5, 0.6) is 0 Å². The Morgan fingerprint density at radius 2 is 1.83 bits per heavy atom. The molecule has 1 saturated heterocycles. The fourth-order valence-electron chi connectivity index (χ4n) is 2.67. The van der Waals surface area contributed by atoms with E-state index in [1.807, 2.05) is 31.2 Å². The van der Waals surface area contributed by atoms with E-state index in [1.54, 1.807) is 0 Å². The van der Waals surface area contributed by atoms with Gasteiger partial charge in [0.05, 0.1) is 18.2 Å². The van der Waals surface area contributed by atoms with Crippen LogP contribution in [0.4, 0.5) is 0 Å². The van der Waals surface area contributed by atoms with Crippen LogP contribution in [0.2, 0.25) is 0 Å². The van der Waals surface area contributed by atoms with Crippen LogP contribution < -0.4 is 5.32 Å². The lowest BCUT2D eigenvalue weighted by molar-refractivity contribution is -0.123. The molecule has 1 fully saturated rings. The summed E-state index contributed by atoms with van der Waals surface area (Å²) in [7, 11) is 0. The van der Waals surface area contributed by atoms with Crippen LogP contribution in [0.3, 0.4) is 0 Å².